The first kappa shape index (κ1) is 17.5. The fraction of sp³-hybridized carbons (Fsp3) is 0.526. The Labute approximate surface area is 148 Å². The summed E-state index contributed by atoms with van der Waals surface area (Å²) < 4.78 is 0. The Morgan fingerprint density at radius 3 is 2.48 bits per heavy atom. The number of nitrogens with one attached hydrogen (secondary N) is 1. The summed E-state index contributed by atoms with van der Waals surface area (Å²) in [6, 6.07) is 5.12. The standard InChI is InChI=1S/C19H25N3O3/c1-11(2)20-15-7-5-6-13-14(15)10-21(18(13)24)16-8-9-17(23)22(12(3)4)19(16)25/h5-7,11-12,16,20H,8-10H2,1-4H3. The van der Waals surface area contributed by atoms with E-state index in [1.165, 1.54) is 4.90 Å². The van der Waals surface area contributed by atoms with Crippen molar-refractivity contribution in [3.05, 3.63) is 29.3 Å². The predicted octanol–water partition coefficient (Wildman–Crippen LogP) is 2.39. The van der Waals surface area contributed by atoms with Gasteiger partial charge in [0.15, 0.2) is 0 Å². The number of likely N-dealkylation sites (tertiary alicyclic amines) is 1. The molecule has 3 amide bonds. The summed E-state index contributed by atoms with van der Waals surface area (Å²) >= 11 is 0. The molecule has 2 aliphatic heterocycles. The molecule has 2 heterocycles. The number of carbonyl (C=O) groups excluding carboxylic acids is 3. The molecule has 1 aromatic carbocycles. The van der Waals surface area contributed by atoms with E-state index in [4.69, 9.17) is 0 Å². The van der Waals surface area contributed by atoms with Gasteiger partial charge in [-0.3, -0.25) is 19.3 Å². The predicted molar refractivity (Wildman–Crippen MR) is 95.1 cm³/mol. The Balaban J connectivity index is 1.89. The summed E-state index contributed by atoms with van der Waals surface area (Å²) in [5.41, 5.74) is 2.51. The van der Waals surface area contributed by atoms with Crippen molar-refractivity contribution in [3.63, 3.8) is 0 Å². The van der Waals surface area contributed by atoms with E-state index >= 15 is 0 Å². The minimum absolute atomic E-state index is 0.126. The molecule has 2 aliphatic rings. The molecular formula is C19H25N3O3. The van der Waals surface area contributed by atoms with Gasteiger partial charge in [0.2, 0.25) is 5.91 Å². The van der Waals surface area contributed by atoms with Crippen LogP contribution in [0.4, 0.5) is 5.69 Å². The van der Waals surface area contributed by atoms with Crippen molar-refractivity contribution in [3.8, 4) is 0 Å². The second kappa shape index (κ2) is 6.50. The second-order valence-electron chi connectivity index (χ2n) is 7.31. The maximum absolute atomic E-state index is 12.9. The molecule has 134 valence electrons. The highest BCUT2D eigenvalue weighted by molar-refractivity contribution is 6.06. The van der Waals surface area contributed by atoms with Crippen LogP contribution < -0.4 is 5.32 Å². The smallest absolute Gasteiger partial charge is 0.255 e. The Kier molecular flexibility index (Phi) is 4.54. The number of imide groups is 1. The molecule has 25 heavy (non-hydrogen) atoms. The number of carbonyl (C=O) groups is 3. The Morgan fingerprint density at radius 1 is 1.12 bits per heavy atom. The molecule has 6 nitrogen and oxygen atoms in total. The summed E-state index contributed by atoms with van der Waals surface area (Å²) in [4.78, 5) is 40.7. The zero-order valence-corrected chi connectivity index (χ0v) is 15.2. The number of benzene rings is 1. The fourth-order valence-electron chi connectivity index (χ4n) is 3.67. The van der Waals surface area contributed by atoms with Crippen molar-refractivity contribution >= 4 is 23.4 Å². The number of anilines is 1. The molecule has 3 rings (SSSR count). The zero-order valence-electron chi connectivity index (χ0n) is 15.2. The van der Waals surface area contributed by atoms with E-state index in [1.807, 2.05) is 45.9 Å². The van der Waals surface area contributed by atoms with Gasteiger partial charge in [-0.25, -0.2) is 0 Å². The van der Waals surface area contributed by atoms with Crippen molar-refractivity contribution in [1.29, 1.82) is 0 Å². The van der Waals surface area contributed by atoms with Gasteiger partial charge < -0.3 is 10.2 Å². The highest BCUT2D eigenvalue weighted by atomic mass is 16.2. The SMILES string of the molecule is CC(C)Nc1cccc2c1CN(C1CCC(=O)N(C(C)C)C1=O)C2=O. The molecule has 6 heteroatoms. The summed E-state index contributed by atoms with van der Waals surface area (Å²) in [5, 5.41) is 3.37. The largest absolute Gasteiger partial charge is 0.383 e. The quantitative estimate of drug-likeness (QED) is 0.852. The molecular weight excluding hydrogens is 318 g/mol. The average molecular weight is 343 g/mol. The molecule has 0 aromatic heterocycles. The normalized spacial score (nSPS) is 20.7. The molecule has 1 N–H and O–H groups in total. The molecule has 0 spiro atoms. The van der Waals surface area contributed by atoms with Gasteiger partial charge in [0.05, 0.1) is 0 Å². The first-order chi connectivity index (χ1) is 11.8. The number of nitrogens with zero attached hydrogens (tertiary/aromatic N) is 2. The lowest BCUT2D eigenvalue weighted by Crippen LogP contribution is -2.56. The highest BCUT2D eigenvalue weighted by Gasteiger charge is 2.43. The average Bonchev–Trinajstić information content (AvgIpc) is 2.85. The summed E-state index contributed by atoms with van der Waals surface area (Å²) in [6.45, 7) is 8.14. The maximum atomic E-state index is 12.9. The van der Waals surface area contributed by atoms with Gasteiger partial charge in [-0.1, -0.05) is 6.07 Å². The van der Waals surface area contributed by atoms with Gasteiger partial charge in [0, 0.05) is 41.9 Å². The van der Waals surface area contributed by atoms with Crippen LogP contribution in [0.1, 0.15) is 56.5 Å². The molecule has 0 bridgehead atoms. The van der Waals surface area contributed by atoms with Gasteiger partial charge in [0.1, 0.15) is 6.04 Å². The number of rotatable bonds is 4. The first-order valence-corrected chi connectivity index (χ1v) is 8.86. The third-order valence-corrected chi connectivity index (χ3v) is 4.76. The van der Waals surface area contributed by atoms with Gasteiger partial charge in [-0.2, -0.15) is 0 Å². The number of hydrogen-bond acceptors (Lipinski definition) is 4. The van der Waals surface area contributed by atoms with E-state index in [2.05, 4.69) is 5.32 Å². The van der Waals surface area contributed by atoms with E-state index in [-0.39, 0.29) is 29.8 Å². The van der Waals surface area contributed by atoms with Gasteiger partial charge in [-0.05, 0) is 46.2 Å². The van der Waals surface area contributed by atoms with Gasteiger partial charge in [-0.15, -0.1) is 0 Å². The van der Waals surface area contributed by atoms with Crippen molar-refractivity contribution in [2.75, 3.05) is 5.32 Å². The molecule has 1 aromatic rings. The lowest BCUT2D eigenvalue weighted by atomic mass is 10.0. The monoisotopic (exact) mass is 343 g/mol. The van der Waals surface area contributed by atoms with Crippen molar-refractivity contribution in [2.24, 2.45) is 0 Å². The molecule has 0 radical (unpaired) electrons. The van der Waals surface area contributed by atoms with Crippen LogP contribution in [0.2, 0.25) is 0 Å². The van der Waals surface area contributed by atoms with Crippen LogP contribution in [0.3, 0.4) is 0 Å². The number of amides is 3. The van der Waals surface area contributed by atoms with Gasteiger partial charge >= 0.3 is 0 Å². The topological polar surface area (TPSA) is 69.7 Å². The summed E-state index contributed by atoms with van der Waals surface area (Å²) in [5.74, 6) is -0.535. The third kappa shape index (κ3) is 3.01. The molecule has 1 saturated heterocycles. The van der Waals surface area contributed by atoms with Crippen LogP contribution in [0.25, 0.3) is 0 Å². The van der Waals surface area contributed by atoms with E-state index < -0.39 is 6.04 Å². The van der Waals surface area contributed by atoms with E-state index in [0.717, 1.165) is 11.3 Å². The molecule has 0 aliphatic carbocycles. The van der Waals surface area contributed by atoms with E-state index in [9.17, 15) is 14.4 Å². The summed E-state index contributed by atoms with van der Waals surface area (Å²) in [6.07, 6.45) is 0.694. The van der Waals surface area contributed by atoms with Crippen LogP contribution in [-0.2, 0) is 16.1 Å². The lowest BCUT2D eigenvalue weighted by Gasteiger charge is -2.37. The van der Waals surface area contributed by atoms with E-state index in [1.54, 1.807) is 4.90 Å². The lowest BCUT2D eigenvalue weighted by molar-refractivity contribution is -0.154. The van der Waals surface area contributed by atoms with Crippen molar-refractivity contribution in [1.82, 2.24) is 9.80 Å². The minimum atomic E-state index is -0.563. The van der Waals surface area contributed by atoms with Crippen molar-refractivity contribution in [2.45, 2.75) is 65.2 Å². The Hall–Kier alpha value is -2.37. The number of piperidine rings is 1. The second-order valence-corrected chi connectivity index (χ2v) is 7.31. The minimum Gasteiger partial charge on any atom is -0.383 e. The Morgan fingerprint density at radius 2 is 1.84 bits per heavy atom. The van der Waals surface area contributed by atoms with Crippen LogP contribution in [0, 0.1) is 0 Å². The number of hydrogen-bond donors (Lipinski definition) is 1. The van der Waals surface area contributed by atoms with Crippen molar-refractivity contribution < 1.29 is 14.4 Å². The third-order valence-electron chi connectivity index (χ3n) is 4.76. The fourth-order valence-corrected chi connectivity index (χ4v) is 3.67. The molecule has 1 unspecified atom stereocenters. The van der Waals surface area contributed by atoms with Crippen LogP contribution in [-0.4, -0.2) is 45.6 Å². The Bertz CT molecular complexity index is 727. The maximum Gasteiger partial charge on any atom is 0.255 e. The zero-order chi connectivity index (χ0) is 18.3. The van der Waals surface area contributed by atoms with E-state index in [0.29, 0.717) is 24.9 Å². The highest BCUT2D eigenvalue weighted by Crippen LogP contribution is 2.33. The molecule has 1 atom stereocenters. The van der Waals surface area contributed by atoms with Crippen LogP contribution >= 0.6 is 0 Å². The van der Waals surface area contributed by atoms with Crippen LogP contribution in [0.15, 0.2) is 18.2 Å². The van der Waals surface area contributed by atoms with Gasteiger partial charge in [0.25, 0.3) is 11.8 Å². The first-order valence-electron chi connectivity index (χ1n) is 8.86. The molecule has 1 fully saturated rings. The number of fused-ring (bicyclic) bond motifs is 1. The molecule has 0 saturated carbocycles. The summed E-state index contributed by atoms with van der Waals surface area (Å²) in [7, 11) is 0. The van der Waals surface area contributed by atoms with Crippen LogP contribution in [0.5, 0.6) is 0 Å².